The molecule has 0 unspecified atom stereocenters. The number of unbranched alkanes of at least 4 members (excludes halogenated alkanes) is 6. The Balaban J connectivity index is 2.10. The lowest BCUT2D eigenvalue weighted by atomic mass is 9.94. The Hall–Kier alpha value is -0.200. The van der Waals surface area contributed by atoms with Crippen LogP contribution in [0.2, 0.25) is 0 Å². The molecule has 1 fully saturated rings. The minimum Gasteiger partial charge on any atom is -0.395 e. The maximum absolute atomic E-state index is 9.93. The van der Waals surface area contributed by atoms with Gasteiger partial charge >= 0.3 is 0 Å². The maximum atomic E-state index is 9.93. The quantitative estimate of drug-likeness (QED) is 0.432. The van der Waals surface area contributed by atoms with Crippen LogP contribution in [0.1, 0.15) is 65.2 Å². The van der Waals surface area contributed by atoms with Crippen LogP contribution in [0.25, 0.3) is 0 Å². The summed E-state index contributed by atoms with van der Waals surface area (Å²) in [6.45, 7) is 5.42. The van der Waals surface area contributed by atoms with E-state index in [4.69, 9.17) is 0 Å². The SMILES string of the molecule is CC(C)CCCCCCCCCN1C[C@H](O)[C@@H](O)[C@H](O)[C@H]1CO. The van der Waals surface area contributed by atoms with E-state index in [1.54, 1.807) is 0 Å². The highest BCUT2D eigenvalue weighted by atomic mass is 16.4. The van der Waals surface area contributed by atoms with Crippen molar-refractivity contribution in [1.82, 2.24) is 4.90 Å². The van der Waals surface area contributed by atoms with Crippen molar-refractivity contribution in [3.05, 3.63) is 0 Å². The minimum absolute atomic E-state index is 0.194. The van der Waals surface area contributed by atoms with Crippen LogP contribution < -0.4 is 0 Å². The first-order valence-electron chi connectivity index (χ1n) is 9.36. The van der Waals surface area contributed by atoms with Crippen LogP contribution in [0.15, 0.2) is 0 Å². The van der Waals surface area contributed by atoms with Gasteiger partial charge in [-0.05, 0) is 18.9 Å². The van der Waals surface area contributed by atoms with Gasteiger partial charge in [0.1, 0.15) is 12.2 Å². The Bertz CT molecular complexity index is 301. The molecule has 5 nitrogen and oxygen atoms in total. The first kappa shape index (κ1) is 20.8. The van der Waals surface area contributed by atoms with E-state index in [2.05, 4.69) is 13.8 Å². The number of β-amino-alcohol motifs (C(OH)–C–C–N with tert-alkyl or cyclic N) is 1. The molecule has 1 rings (SSSR count). The highest BCUT2D eigenvalue weighted by Gasteiger charge is 2.40. The number of aliphatic hydroxyl groups excluding tert-OH is 4. The number of nitrogens with zero attached hydrogens (tertiary/aromatic N) is 1. The Morgan fingerprint density at radius 2 is 1.43 bits per heavy atom. The molecule has 0 aromatic rings. The molecule has 138 valence electrons. The molecule has 1 heterocycles. The normalized spacial score (nSPS) is 29.3. The molecular formula is C18H37NO4. The van der Waals surface area contributed by atoms with Crippen molar-refractivity contribution >= 4 is 0 Å². The summed E-state index contributed by atoms with van der Waals surface area (Å²) in [6.07, 6.45) is 6.74. The number of rotatable bonds is 11. The minimum atomic E-state index is -1.16. The van der Waals surface area contributed by atoms with Crippen molar-refractivity contribution in [1.29, 1.82) is 0 Å². The van der Waals surface area contributed by atoms with Crippen LogP contribution in [0, 0.1) is 5.92 Å². The number of piperidine rings is 1. The summed E-state index contributed by atoms with van der Waals surface area (Å²) in [5, 5.41) is 38.8. The number of aliphatic hydroxyl groups is 4. The highest BCUT2D eigenvalue weighted by Crippen LogP contribution is 2.20. The van der Waals surface area contributed by atoms with E-state index in [1.165, 1.54) is 38.5 Å². The molecule has 0 radical (unpaired) electrons. The third kappa shape index (κ3) is 7.48. The van der Waals surface area contributed by atoms with Crippen LogP contribution in [0.5, 0.6) is 0 Å². The van der Waals surface area contributed by atoms with E-state index in [-0.39, 0.29) is 6.61 Å². The number of hydrogen-bond acceptors (Lipinski definition) is 5. The summed E-state index contributed by atoms with van der Waals surface area (Å²) in [5.74, 6) is 0.809. The molecule has 1 aliphatic rings. The first-order valence-corrected chi connectivity index (χ1v) is 9.36. The summed E-state index contributed by atoms with van der Waals surface area (Å²) >= 11 is 0. The molecule has 0 bridgehead atoms. The van der Waals surface area contributed by atoms with E-state index in [0.29, 0.717) is 6.54 Å². The molecular weight excluding hydrogens is 294 g/mol. The Labute approximate surface area is 141 Å². The van der Waals surface area contributed by atoms with E-state index >= 15 is 0 Å². The van der Waals surface area contributed by atoms with Crippen LogP contribution >= 0.6 is 0 Å². The Morgan fingerprint density at radius 1 is 0.870 bits per heavy atom. The smallest absolute Gasteiger partial charge is 0.109 e. The Morgan fingerprint density at radius 3 is 2.00 bits per heavy atom. The third-order valence-corrected chi connectivity index (χ3v) is 4.94. The van der Waals surface area contributed by atoms with Gasteiger partial charge in [0.15, 0.2) is 0 Å². The Kier molecular flexibility index (Phi) is 10.3. The second kappa shape index (κ2) is 11.4. The number of likely N-dealkylation sites (tertiary alicyclic amines) is 1. The second-order valence-electron chi connectivity index (χ2n) is 7.45. The van der Waals surface area contributed by atoms with Gasteiger partial charge in [-0.25, -0.2) is 0 Å². The van der Waals surface area contributed by atoms with Gasteiger partial charge in [0, 0.05) is 6.54 Å². The van der Waals surface area contributed by atoms with E-state index in [9.17, 15) is 20.4 Å². The topological polar surface area (TPSA) is 84.2 Å². The zero-order valence-electron chi connectivity index (χ0n) is 14.9. The molecule has 5 heteroatoms. The van der Waals surface area contributed by atoms with Gasteiger partial charge in [0.25, 0.3) is 0 Å². The summed E-state index contributed by atoms with van der Waals surface area (Å²) in [5.41, 5.74) is 0. The van der Waals surface area contributed by atoms with E-state index in [0.717, 1.165) is 25.3 Å². The summed E-state index contributed by atoms with van der Waals surface area (Å²) < 4.78 is 0. The lowest BCUT2D eigenvalue weighted by Crippen LogP contribution is -2.62. The maximum Gasteiger partial charge on any atom is 0.109 e. The fourth-order valence-electron chi connectivity index (χ4n) is 3.39. The van der Waals surface area contributed by atoms with Crippen molar-refractivity contribution in [2.75, 3.05) is 19.7 Å². The second-order valence-corrected chi connectivity index (χ2v) is 7.45. The van der Waals surface area contributed by atoms with Gasteiger partial charge in [0.05, 0.1) is 18.8 Å². The van der Waals surface area contributed by atoms with Gasteiger partial charge in [-0.15, -0.1) is 0 Å². The molecule has 4 N–H and O–H groups in total. The molecule has 0 aliphatic carbocycles. The van der Waals surface area contributed by atoms with E-state index < -0.39 is 24.4 Å². The zero-order valence-corrected chi connectivity index (χ0v) is 14.9. The molecule has 0 saturated carbocycles. The fourth-order valence-corrected chi connectivity index (χ4v) is 3.39. The average Bonchev–Trinajstić information content (AvgIpc) is 2.51. The van der Waals surface area contributed by atoms with Gasteiger partial charge < -0.3 is 20.4 Å². The van der Waals surface area contributed by atoms with Crippen LogP contribution in [-0.2, 0) is 0 Å². The van der Waals surface area contributed by atoms with Crippen molar-refractivity contribution in [3.63, 3.8) is 0 Å². The molecule has 23 heavy (non-hydrogen) atoms. The summed E-state index contributed by atoms with van der Waals surface area (Å²) in [6, 6.07) is -0.468. The lowest BCUT2D eigenvalue weighted by molar-refractivity contribution is -0.145. The first-order chi connectivity index (χ1) is 11.0. The fraction of sp³-hybridized carbons (Fsp3) is 1.00. The van der Waals surface area contributed by atoms with E-state index in [1.807, 2.05) is 4.90 Å². The molecule has 0 amide bonds. The van der Waals surface area contributed by atoms with Gasteiger partial charge in [-0.3, -0.25) is 4.90 Å². The zero-order chi connectivity index (χ0) is 17.2. The van der Waals surface area contributed by atoms with Crippen molar-refractivity contribution in [2.24, 2.45) is 5.92 Å². The van der Waals surface area contributed by atoms with Crippen molar-refractivity contribution < 1.29 is 20.4 Å². The predicted molar refractivity (Wildman–Crippen MR) is 92.2 cm³/mol. The van der Waals surface area contributed by atoms with Crippen molar-refractivity contribution in [2.45, 2.75) is 89.6 Å². The lowest BCUT2D eigenvalue weighted by Gasteiger charge is -2.43. The third-order valence-electron chi connectivity index (χ3n) is 4.94. The van der Waals surface area contributed by atoms with Crippen LogP contribution in [0.4, 0.5) is 0 Å². The van der Waals surface area contributed by atoms with Crippen molar-refractivity contribution in [3.8, 4) is 0 Å². The highest BCUT2D eigenvalue weighted by molar-refractivity contribution is 4.93. The molecule has 4 atom stereocenters. The predicted octanol–water partition coefficient (Wildman–Crippen LogP) is 1.52. The molecule has 0 aromatic carbocycles. The van der Waals surface area contributed by atoms with Gasteiger partial charge in [-0.2, -0.15) is 0 Å². The monoisotopic (exact) mass is 331 g/mol. The van der Waals surface area contributed by atoms with Gasteiger partial charge in [0.2, 0.25) is 0 Å². The summed E-state index contributed by atoms with van der Waals surface area (Å²) in [7, 11) is 0. The van der Waals surface area contributed by atoms with Crippen LogP contribution in [-0.4, -0.2) is 69.4 Å². The molecule has 1 saturated heterocycles. The molecule has 0 spiro atoms. The van der Waals surface area contributed by atoms with Gasteiger partial charge in [-0.1, -0.05) is 58.8 Å². The average molecular weight is 331 g/mol. The largest absolute Gasteiger partial charge is 0.395 e. The van der Waals surface area contributed by atoms with Crippen LogP contribution in [0.3, 0.4) is 0 Å². The summed E-state index contributed by atoms with van der Waals surface area (Å²) in [4.78, 5) is 1.91. The molecule has 0 aromatic heterocycles. The standard InChI is InChI=1S/C18H37NO4/c1-14(2)10-8-6-4-3-5-7-9-11-19-12-16(21)18(23)17(22)15(19)13-20/h14-18,20-23H,3-13H2,1-2H3/t15-,16+,17-,18-/m1/s1. The molecule has 1 aliphatic heterocycles. The number of hydrogen-bond donors (Lipinski definition) is 4.